The van der Waals surface area contributed by atoms with Gasteiger partial charge in [0, 0.05) is 11.7 Å². The van der Waals surface area contributed by atoms with E-state index in [1.807, 2.05) is 4.90 Å². The number of alkyl halides is 3. The van der Waals surface area contributed by atoms with Gasteiger partial charge in [0.05, 0.1) is 18.2 Å². The van der Waals surface area contributed by atoms with E-state index in [1.165, 1.54) is 12.1 Å². The minimum Gasteiger partial charge on any atom is -0.393 e. The number of halogens is 3. The third kappa shape index (κ3) is 5.21. The first-order valence-corrected chi connectivity index (χ1v) is 7.65. The van der Waals surface area contributed by atoms with Crippen LogP contribution in [-0.4, -0.2) is 41.1 Å². The van der Waals surface area contributed by atoms with Gasteiger partial charge in [-0.05, 0) is 50.9 Å². The van der Waals surface area contributed by atoms with Gasteiger partial charge in [0.15, 0.2) is 0 Å². The fourth-order valence-electron chi connectivity index (χ4n) is 2.92. The molecule has 4 nitrogen and oxygen atoms in total. The molecule has 2 rings (SSSR count). The van der Waals surface area contributed by atoms with Gasteiger partial charge in [-0.2, -0.15) is 13.2 Å². The molecule has 0 aromatic heterocycles. The summed E-state index contributed by atoms with van der Waals surface area (Å²) in [6, 6.07) is 4.74. The van der Waals surface area contributed by atoms with Crippen LogP contribution in [0, 0.1) is 0 Å². The summed E-state index contributed by atoms with van der Waals surface area (Å²) in [5.74, 6) is -0.346. The lowest BCUT2D eigenvalue weighted by atomic mass is 10.1. The highest BCUT2D eigenvalue weighted by Gasteiger charge is 2.31. The van der Waals surface area contributed by atoms with Gasteiger partial charge in [0.25, 0.3) is 0 Å². The molecule has 0 bridgehead atoms. The highest BCUT2D eigenvalue weighted by atomic mass is 19.4. The van der Waals surface area contributed by atoms with E-state index in [0.29, 0.717) is 6.42 Å². The van der Waals surface area contributed by atoms with Crippen LogP contribution in [0.3, 0.4) is 0 Å². The highest BCUT2D eigenvalue weighted by Crippen LogP contribution is 2.30. The van der Waals surface area contributed by atoms with Gasteiger partial charge < -0.3 is 10.4 Å². The number of anilines is 1. The summed E-state index contributed by atoms with van der Waals surface area (Å²) in [6.45, 7) is 2.58. The van der Waals surface area contributed by atoms with Crippen molar-refractivity contribution < 1.29 is 23.1 Å². The second kappa shape index (κ2) is 7.31. The Labute approximate surface area is 133 Å². The van der Waals surface area contributed by atoms with Crippen LogP contribution in [0.1, 0.15) is 31.7 Å². The molecule has 0 saturated carbocycles. The zero-order chi connectivity index (χ0) is 17.0. The van der Waals surface area contributed by atoms with E-state index < -0.39 is 17.8 Å². The Morgan fingerprint density at radius 1 is 1.48 bits per heavy atom. The van der Waals surface area contributed by atoms with E-state index in [0.717, 1.165) is 31.5 Å². The molecular formula is C16H21F3N2O2. The molecular weight excluding hydrogens is 309 g/mol. The third-order valence-electron chi connectivity index (χ3n) is 3.93. The van der Waals surface area contributed by atoms with Gasteiger partial charge in [-0.15, -0.1) is 0 Å². The van der Waals surface area contributed by atoms with E-state index in [2.05, 4.69) is 5.32 Å². The fourth-order valence-corrected chi connectivity index (χ4v) is 2.92. The van der Waals surface area contributed by atoms with E-state index in [9.17, 15) is 23.1 Å². The largest absolute Gasteiger partial charge is 0.416 e. The van der Waals surface area contributed by atoms with Gasteiger partial charge in [0.1, 0.15) is 0 Å². The quantitative estimate of drug-likeness (QED) is 0.873. The summed E-state index contributed by atoms with van der Waals surface area (Å²) < 4.78 is 38.0. The average Bonchev–Trinajstić information content (AvgIpc) is 2.84. The van der Waals surface area contributed by atoms with Crippen LogP contribution in [0.5, 0.6) is 0 Å². The lowest BCUT2D eigenvalue weighted by Crippen LogP contribution is -2.38. The molecule has 1 saturated heterocycles. The highest BCUT2D eigenvalue weighted by molar-refractivity contribution is 5.92. The molecule has 0 spiro atoms. The fraction of sp³-hybridized carbons (Fsp3) is 0.562. The number of benzene rings is 1. The monoisotopic (exact) mass is 330 g/mol. The standard InChI is InChI=1S/C16H21F3N2O2/c1-11(22)8-14-6-3-7-21(14)10-15(23)20-13-5-2-4-12(9-13)16(17,18)19/h2,4-5,9,11,14,22H,3,6-8,10H2,1H3,(H,20,23). The minimum absolute atomic E-state index is 0.119. The average molecular weight is 330 g/mol. The number of likely N-dealkylation sites (tertiary alicyclic amines) is 1. The molecule has 2 atom stereocenters. The van der Waals surface area contributed by atoms with Crippen LogP contribution in [-0.2, 0) is 11.0 Å². The molecule has 1 aliphatic rings. The van der Waals surface area contributed by atoms with Crippen molar-refractivity contribution in [2.75, 3.05) is 18.4 Å². The Bertz CT molecular complexity index is 546. The van der Waals surface area contributed by atoms with Gasteiger partial charge in [-0.3, -0.25) is 9.69 Å². The minimum atomic E-state index is -4.43. The first-order valence-electron chi connectivity index (χ1n) is 7.65. The van der Waals surface area contributed by atoms with Gasteiger partial charge >= 0.3 is 6.18 Å². The predicted octanol–water partition coefficient (Wildman–Crippen LogP) is 2.88. The summed E-state index contributed by atoms with van der Waals surface area (Å²) in [6.07, 6.45) is -2.41. The number of carbonyl (C=O) groups is 1. The summed E-state index contributed by atoms with van der Waals surface area (Å²) in [7, 11) is 0. The van der Waals surface area contributed by atoms with Gasteiger partial charge in [-0.1, -0.05) is 6.07 Å². The Balaban J connectivity index is 1.94. The van der Waals surface area contributed by atoms with Crippen molar-refractivity contribution >= 4 is 11.6 Å². The molecule has 23 heavy (non-hydrogen) atoms. The smallest absolute Gasteiger partial charge is 0.393 e. The van der Waals surface area contributed by atoms with E-state index in [1.54, 1.807) is 6.92 Å². The number of hydrogen-bond acceptors (Lipinski definition) is 3. The predicted molar refractivity (Wildman–Crippen MR) is 81.0 cm³/mol. The number of rotatable bonds is 5. The Kier molecular flexibility index (Phi) is 5.64. The maximum absolute atomic E-state index is 12.7. The molecule has 1 heterocycles. The van der Waals surface area contributed by atoms with Crippen molar-refractivity contribution in [3.05, 3.63) is 29.8 Å². The maximum Gasteiger partial charge on any atom is 0.416 e. The number of amides is 1. The topological polar surface area (TPSA) is 52.6 Å². The first-order chi connectivity index (χ1) is 10.8. The van der Waals surface area contributed by atoms with Crippen molar-refractivity contribution in [2.24, 2.45) is 0 Å². The number of carbonyl (C=O) groups excluding carboxylic acids is 1. The summed E-state index contributed by atoms with van der Waals surface area (Å²) in [4.78, 5) is 14.0. The van der Waals surface area contributed by atoms with Crippen LogP contribution in [0.2, 0.25) is 0 Å². The zero-order valence-corrected chi connectivity index (χ0v) is 12.9. The van der Waals surface area contributed by atoms with Crippen LogP contribution in [0.4, 0.5) is 18.9 Å². The number of nitrogens with zero attached hydrogens (tertiary/aromatic N) is 1. The Hall–Kier alpha value is -1.60. The molecule has 2 N–H and O–H groups in total. The lowest BCUT2D eigenvalue weighted by Gasteiger charge is -2.24. The lowest BCUT2D eigenvalue weighted by molar-refractivity contribution is -0.137. The second-order valence-electron chi connectivity index (χ2n) is 5.98. The van der Waals surface area contributed by atoms with Gasteiger partial charge in [0.2, 0.25) is 5.91 Å². The van der Waals surface area contributed by atoms with Crippen molar-refractivity contribution in [2.45, 2.75) is 44.5 Å². The number of aliphatic hydroxyl groups is 1. The van der Waals surface area contributed by atoms with Crippen molar-refractivity contribution in [1.29, 1.82) is 0 Å². The van der Waals surface area contributed by atoms with Crippen LogP contribution >= 0.6 is 0 Å². The molecule has 128 valence electrons. The van der Waals surface area contributed by atoms with Crippen LogP contribution in [0.25, 0.3) is 0 Å². The number of aliphatic hydroxyl groups excluding tert-OH is 1. The molecule has 7 heteroatoms. The number of hydrogen-bond donors (Lipinski definition) is 2. The van der Waals surface area contributed by atoms with Crippen LogP contribution in [0.15, 0.2) is 24.3 Å². The zero-order valence-electron chi connectivity index (χ0n) is 12.9. The van der Waals surface area contributed by atoms with Crippen molar-refractivity contribution in [1.82, 2.24) is 4.90 Å². The van der Waals surface area contributed by atoms with E-state index in [4.69, 9.17) is 0 Å². The van der Waals surface area contributed by atoms with E-state index >= 15 is 0 Å². The summed E-state index contributed by atoms with van der Waals surface area (Å²) in [5.41, 5.74) is -0.653. The Morgan fingerprint density at radius 2 is 2.22 bits per heavy atom. The summed E-state index contributed by atoms with van der Waals surface area (Å²) in [5, 5.41) is 12.0. The van der Waals surface area contributed by atoms with Crippen molar-refractivity contribution in [3.8, 4) is 0 Å². The summed E-state index contributed by atoms with van der Waals surface area (Å²) >= 11 is 0. The molecule has 0 radical (unpaired) electrons. The molecule has 1 aromatic carbocycles. The first kappa shape index (κ1) is 17.7. The van der Waals surface area contributed by atoms with Gasteiger partial charge in [-0.25, -0.2) is 0 Å². The molecule has 1 aromatic rings. The molecule has 1 amide bonds. The van der Waals surface area contributed by atoms with Crippen molar-refractivity contribution in [3.63, 3.8) is 0 Å². The molecule has 1 aliphatic heterocycles. The molecule has 1 fully saturated rings. The Morgan fingerprint density at radius 3 is 2.87 bits per heavy atom. The van der Waals surface area contributed by atoms with E-state index in [-0.39, 0.29) is 24.2 Å². The second-order valence-corrected chi connectivity index (χ2v) is 5.98. The maximum atomic E-state index is 12.7. The SMILES string of the molecule is CC(O)CC1CCCN1CC(=O)Nc1cccc(C(F)(F)F)c1. The molecule has 0 aliphatic carbocycles. The molecule has 2 unspecified atom stereocenters. The third-order valence-corrected chi connectivity index (χ3v) is 3.93. The normalized spacial score (nSPS) is 20.5. The number of nitrogens with one attached hydrogen (secondary N) is 1. The van der Waals surface area contributed by atoms with Crippen LogP contribution < -0.4 is 5.32 Å².